The number of aromatic amines is 1. The van der Waals surface area contributed by atoms with Crippen LogP contribution >= 0.6 is 0 Å². The van der Waals surface area contributed by atoms with Gasteiger partial charge in [-0.2, -0.15) is 0 Å². The first-order valence-electron chi connectivity index (χ1n) is 10.0. The number of hydrogen-bond acceptors (Lipinski definition) is 3. The Kier molecular flexibility index (Phi) is 4.34. The van der Waals surface area contributed by atoms with E-state index in [1.165, 1.54) is 31.9 Å². The maximum absolute atomic E-state index is 13.6. The third-order valence-corrected chi connectivity index (χ3v) is 6.27. The number of nitrogens with zero attached hydrogens (tertiary/aromatic N) is 1. The Bertz CT molecular complexity index is 1140. The summed E-state index contributed by atoms with van der Waals surface area (Å²) in [6.07, 6.45) is 6.15. The second kappa shape index (κ2) is 7.03. The summed E-state index contributed by atoms with van der Waals surface area (Å²) in [5.41, 5.74) is 2.19. The molecule has 6 heteroatoms. The zero-order valence-electron chi connectivity index (χ0n) is 16.0. The quantitative estimate of drug-likeness (QED) is 0.694. The first-order valence-corrected chi connectivity index (χ1v) is 10.0. The van der Waals surface area contributed by atoms with Crippen LogP contribution in [0.25, 0.3) is 10.9 Å². The molecule has 5 nitrogen and oxygen atoms in total. The number of aromatic nitrogens is 1. The molecule has 1 aromatic heterocycles. The van der Waals surface area contributed by atoms with Gasteiger partial charge in [-0.25, -0.2) is 4.39 Å². The van der Waals surface area contributed by atoms with Gasteiger partial charge >= 0.3 is 0 Å². The van der Waals surface area contributed by atoms with E-state index in [1.807, 2.05) is 18.2 Å². The summed E-state index contributed by atoms with van der Waals surface area (Å²) in [4.78, 5) is 31.0. The molecule has 0 radical (unpaired) electrons. The highest BCUT2D eigenvalue weighted by Crippen LogP contribution is 2.42. The summed E-state index contributed by atoms with van der Waals surface area (Å²) in [5.74, 6) is -0.534. The zero-order chi connectivity index (χ0) is 20.0. The summed E-state index contributed by atoms with van der Waals surface area (Å²) >= 11 is 0. The van der Waals surface area contributed by atoms with Crippen molar-refractivity contribution in [3.05, 3.63) is 70.0 Å². The predicted molar refractivity (Wildman–Crippen MR) is 112 cm³/mol. The zero-order valence-corrected chi connectivity index (χ0v) is 16.0. The average molecular weight is 391 g/mol. The molecule has 1 amide bonds. The fourth-order valence-electron chi connectivity index (χ4n) is 4.82. The number of alkyl halides is 1. The van der Waals surface area contributed by atoms with Gasteiger partial charge in [0.25, 0.3) is 5.91 Å². The molecule has 2 fully saturated rings. The molecule has 5 rings (SSSR count). The van der Waals surface area contributed by atoms with E-state index in [4.69, 9.17) is 0 Å². The van der Waals surface area contributed by atoms with Crippen LogP contribution in [-0.2, 0) is 6.67 Å². The van der Waals surface area contributed by atoms with Crippen molar-refractivity contribution in [2.75, 3.05) is 10.2 Å². The van der Waals surface area contributed by atoms with Crippen molar-refractivity contribution in [1.82, 2.24) is 4.98 Å². The van der Waals surface area contributed by atoms with Crippen LogP contribution in [0.5, 0.6) is 0 Å². The molecule has 2 aliphatic heterocycles. The second-order valence-corrected chi connectivity index (χ2v) is 7.88. The monoisotopic (exact) mass is 391 g/mol. The first-order chi connectivity index (χ1) is 14.2. The fraction of sp³-hybridized carbons (Fsp3) is 0.304. The van der Waals surface area contributed by atoms with Crippen molar-refractivity contribution < 1.29 is 9.18 Å². The van der Waals surface area contributed by atoms with Gasteiger partial charge in [-0.1, -0.05) is 18.2 Å². The van der Waals surface area contributed by atoms with Crippen LogP contribution in [0, 0.1) is 0 Å². The number of halogens is 1. The van der Waals surface area contributed by atoms with Gasteiger partial charge in [0, 0.05) is 46.1 Å². The van der Waals surface area contributed by atoms with Crippen molar-refractivity contribution in [1.29, 1.82) is 0 Å². The van der Waals surface area contributed by atoms with E-state index in [0.717, 1.165) is 5.69 Å². The van der Waals surface area contributed by atoms with Gasteiger partial charge in [-0.05, 0) is 49.9 Å². The SMILES string of the molecule is O=C(Nc1cc(N2C3CCC2CC3)ccc1CF)c1c[nH]c2ccccc2c1=O. The summed E-state index contributed by atoms with van der Waals surface area (Å²) in [5, 5.41) is 3.22. The molecule has 3 heterocycles. The average Bonchev–Trinajstić information content (AvgIpc) is 3.34. The molecule has 148 valence electrons. The predicted octanol–water partition coefficient (Wildman–Crippen LogP) is 4.38. The lowest BCUT2D eigenvalue weighted by Crippen LogP contribution is -2.28. The molecule has 2 aromatic carbocycles. The van der Waals surface area contributed by atoms with Crippen molar-refractivity contribution in [2.24, 2.45) is 0 Å². The third-order valence-electron chi connectivity index (χ3n) is 6.27. The molecule has 2 bridgehead atoms. The molecule has 2 saturated heterocycles. The number of H-pyrrole nitrogens is 1. The Morgan fingerprint density at radius 1 is 1.10 bits per heavy atom. The maximum atomic E-state index is 13.6. The van der Waals surface area contributed by atoms with Crippen molar-refractivity contribution >= 4 is 28.2 Å². The molecular weight excluding hydrogens is 369 g/mol. The number of anilines is 2. The number of amides is 1. The minimum absolute atomic E-state index is 0.0140. The third kappa shape index (κ3) is 2.99. The van der Waals surface area contributed by atoms with E-state index in [-0.39, 0.29) is 11.0 Å². The largest absolute Gasteiger partial charge is 0.365 e. The van der Waals surface area contributed by atoms with Crippen LogP contribution in [0.3, 0.4) is 0 Å². The summed E-state index contributed by atoms with van der Waals surface area (Å²) in [6.45, 7) is -0.684. The standard InChI is InChI=1S/C23H22FN3O2/c24-12-14-5-6-17(27-15-7-8-16(27)10-9-15)11-21(14)26-23(29)19-13-25-20-4-2-1-3-18(20)22(19)28/h1-6,11,13,15-16H,7-10,12H2,(H,25,28)(H,26,29). The van der Waals surface area contributed by atoms with E-state index in [1.54, 1.807) is 24.3 Å². The van der Waals surface area contributed by atoms with Gasteiger partial charge in [0.2, 0.25) is 5.43 Å². The highest BCUT2D eigenvalue weighted by Gasteiger charge is 2.39. The topological polar surface area (TPSA) is 65.2 Å². The number of fused-ring (bicyclic) bond motifs is 3. The Balaban J connectivity index is 1.48. The number of carbonyl (C=O) groups is 1. The Hall–Kier alpha value is -3.15. The lowest BCUT2D eigenvalue weighted by atomic mass is 10.0. The number of benzene rings is 2. The van der Waals surface area contributed by atoms with Crippen LogP contribution in [0.15, 0.2) is 53.5 Å². The smallest absolute Gasteiger partial charge is 0.261 e. The molecule has 0 unspecified atom stereocenters. The first kappa shape index (κ1) is 17.9. The fourth-order valence-corrected chi connectivity index (χ4v) is 4.82. The highest BCUT2D eigenvalue weighted by atomic mass is 19.1. The summed E-state index contributed by atoms with van der Waals surface area (Å²) in [7, 11) is 0. The summed E-state index contributed by atoms with van der Waals surface area (Å²) in [6, 6.07) is 13.6. The second-order valence-electron chi connectivity index (χ2n) is 7.88. The van der Waals surface area contributed by atoms with Gasteiger partial charge in [0.05, 0.1) is 0 Å². The number of carbonyl (C=O) groups excluding carboxylic acids is 1. The van der Waals surface area contributed by atoms with Crippen LogP contribution in [-0.4, -0.2) is 23.0 Å². The number of rotatable bonds is 4. The number of para-hydroxylation sites is 1. The normalized spacial score (nSPS) is 20.4. The van der Waals surface area contributed by atoms with Gasteiger partial charge < -0.3 is 15.2 Å². The van der Waals surface area contributed by atoms with E-state index in [2.05, 4.69) is 15.2 Å². The van der Waals surface area contributed by atoms with Crippen LogP contribution < -0.4 is 15.6 Å². The highest BCUT2D eigenvalue weighted by molar-refractivity contribution is 6.06. The van der Waals surface area contributed by atoms with E-state index < -0.39 is 12.6 Å². The number of pyridine rings is 1. The molecular formula is C23H22FN3O2. The van der Waals surface area contributed by atoms with Crippen LogP contribution in [0.2, 0.25) is 0 Å². The van der Waals surface area contributed by atoms with E-state index in [9.17, 15) is 14.0 Å². The molecule has 2 aliphatic rings. The minimum Gasteiger partial charge on any atom is -0.365 e. The van der Waals surface area contributed by atoms with Crippen LogP contribution in [0.1, 0.15) is 41.6 Å². The molecule has 29 heavy (non-hydrogen) atoms. The molecule has 0 atom stereocenters. The Morgan fingerprint density at radius 2 is 1.83 bits per heavy atom. The lowest BCUT2D eigenvalue weighted by Gasteiger charge is -2.25. The van der Waals surface area contributed by atoms with Crippen molar-refractivity contribution in [2.45, 2.75) is 44.4 Å². The molecule has 0 saturated carbocycles. The molecule has 2 N–H and O–H groups in total. The number of hydrogen-bond donors (Lipinski definition) is 2. The van der Waals surface area contributed by atoms with Gasteiger partial charge in [0.1, 0.15) is 12.2 Å². The van der Waals surface area contributed by atoms with Gasteiger partial charge in [0.15, 0.2) is 0 Å². The Labute approximate surface area is 167 Å². The maximum Gasteiger partial charge on any atom is 0.261 e. The van der Waals surface area contributed by atoms with Gasteiger partial charge in [-0.15, -0.1) is 0 Å². The van der Waals surface area contributed by atoms with Crippen molar-refractivity contribution in [3.63, 3.8) is 0 Å². The molecule has 3 aromatic rings. The molecule has 0 aliphatic carbocycles. The van der Waals surface area contributed by atoms with Crippen molar-refractivity contribution in [3.8, 4) is 0 Å². The van der Waals surface area contributed by atoms with E-state index in [0.29, 0.717) is 34.2 Å². The molecule has 0 spiro atoms. The van der Waals surface area contributed by atoms with Crippen LogP contribution in [0.4, 0.5) is 15.8 Å². The Morgan fingerprint density at radius 3 is 2.55 bits per heavy atom. The minimum atomic E-state index is -0.684. The summed E-state index contributed by atoms with van der Waals surface area (Å²) < 4.78 is 13.6. The number of nitrogens with one attached hydrogen (secondary N) is 2. The van der Waals surface area contributed by atoms with Gasteiger partial charge in [-0.3, -0.25) is 9.59 Å². The lowest BCUT2D eigenvalue weighted by molar-refractivity contribution is 0.102. The van der Waals surface area contributed by atoms with E-state index >= 15 is 0 Å².